The number of nitrogens with zero attached hydrogens (tertiary/aromatic N) is 5. The van der Waals surface area contributed by atoms with Gasteiger partial charge in [-0.05, 0) is 109 Å². The number of hydrogen-bond acceptors (Lipinski definition) is 4. The summed E-state index contributed by atoms with van der Waals surface area (Å²) in [5.41, 5.74) is 13.3. The fourth-order valence-electron chi connectivity index (χ4n) is 8.81. The Morgan fingerprint density at radius 3 is 2.43 bits per heavy atom. The maximum absolute atomic E-state index is 10.5. The highest BCUT2D eigenvalue weighted by Crippen LogP contribution is 2.52. The molecular weight excluding hydrogens is 623 g/mol. The number of para-hydroxylation sites is 1. The lowest BCUT2D eigenvalue weighted by atomic mass is 9.78. The summed E-state index contributed by atoms with van der Waals surface area (Å²) in [6.07, 6.45) is 18.6. The second-order valence-corrected chi connectivity index (χ2v) is 13.9. The molecule has 2 heterocycles. The molecule has 0 fully saturated rings. The van der Waals surface area contributed by atoms with Crippen LogP contribution in [0.3, 0.4) is 0 Å². The van der Waals surface area contributed by atoms with Crippen LogP contribution in [0.4, 0.5) is 5.69 Å². The lowest BCUT2D eigenvalue weighted by Gasteiger charge is -2.41. The van der Waals surface area contributed by atoms with E-state index in [9.17, 15) is 15.8 Å². The molecule has 4 aromatic carbocycles. The van der Waals surface area contributed by atoms with Gasteiger partial charge in [0.05, 0.1) is 45.7 Å². The van der Waals surface area contributed by atoms with Crippen molar-refractivity contribution in [2.24, 2.45) is 5.92 Å². The van der Waals surface area contributed by atoms with Crippen molar-refractivity contribution in [3.05, 3.63) is 161 Å². The summed E-state index contributed by atoms with van der Waals surface area (Å²) in [5.74, 6) is 0.0749. The molecule has 0 bridgehead atoms. The van der Waals surface area contributed by atoms with Crippen molar-refractivity contribution in [3.63, 3.8) is 0 Å². The van der Waals surface area contributed by atoms with Crippen LogP contribution < -0.4 is 4.90 Å². The van der Waals surface area contributed by atoms with Crippen molar-refractivity contribution in [3.8, 4) is 46.1 Å². The van der Waals surface area contributed by atoms with Crippen LogP contribution in [0.25, 0.3) is 44.9 Å². The van der Waals surface area contributed by atoms with E-state index in [1.807, 2.05) is 24.3 Å². The topological polar surface area (TPSA) is 79.5 Å². The number of aromatic nitrogens is 1. The highest BCUT2D eigenvalue weighted by atomic mass is 15.2. The maximum atomic E-state index is 10.5. The minimum absolute atomic E-state index is 0.0749. The van der Waals surface area contributed by atoms with Gasteiger partial charge in [0.2, 0.25) is 0 Å². The third kappa shape index (κ3) is 4.58. The number of hydrogen-bond donors (Lipinski definition) is 0. The lowest BCUT2D eigenvalue weighted by molar-refractivity contribution is 0.495. The van der Waals surface area contributed by atoms with Crippen molar-refractivity contribution >= 4 is 22.7 Å². The number of anilines is 1. The average molecular weight is 656 g/mol. The van der Waals surface area contributed by atoms with Gasteiger partial charge in [0, 0.05) is 33.8 Å². The van der Waals surface area contributed by atoms with Gasteiger partial charge in [0.1, 0.15) is 6.07 Å². The van der Waals surface area contributed by atoms with Gasteiger partial charge in [-0.2, -0.15) is 15.8 Å². The molecule has 5 nitrogen and oxygen atoms in total. The van der Waals surface area contributed by atoms with Crippen molar-refractivity contribution < 1.29 is 0 Å². The summed E-state index contributed by atoms with van der Waals surface area (Å²) >= 11 is 0. The Bertz CT molecular complexity index is 2600. The van der Waals surface area contributed by atoms with Crippen LogP contribution in [0.1, 0.15) is 48.6 Å². The van der Waals surface area contributed by atoms with Gasteiger partial charge in [-0.3, -0.25) is 0 Å². The molecule has 0 saturated heterocycles. The van der Waals surface area contributed by atoms with Gasteiger partial charge in [0.25, 0.3) is 0 Å². The van der Waals surface area contributed by atoms with Crippen LogP contribution in [0.5, 0.6) is 0 Å². The van der Waals surface area contributed by atoms with E-state index in [0.29, 0.717) is 17.5 Å². The standard InChI is InChI=1S/C46H33N5/c1-46-23-7-6-15-39(46)38-24-30(27-47)19-22-42(38)51(46)44-26-32(20-21-34(44)28-48)31-10-8-11-33(25-31)45-35(29-49)12-9-18-43(45)50-40-16-4-2-13-36(40)37-14-3-5-17-41(37)50/h2,4-13,15-18,20-21,23-26,39H,3,14,19,22H2,1H3. The fraction of sp³-hybridized carbons (Fsp3) is 0.152. The zero-order valence-electron chi connectivity index (χ0n) is 28.3. The normalized spacial score (nSPS) is 19.9. The van der Waals surface area contributed by atoms with Crippen molar-refractivity contribution in [2.75, 3.05) is 4.90 Å². The number of allylic oxidation sites excluding steroid dienone is 6. The van der Waals surface area contributed by atoms with E-state index < -0.39 is 5.54 Å². The van der Waals surface area contributed by atoms with Crippen LogP contribution >= 0.6 is 0 Å². The minimum atomic E-state index is -0.416. The summed E-state index contributed by atoms with van der Waals surface area (Å²) in [5, 5.41) is 31.9. The molecule has 1 aliphatic heterocycles. The summed E-state index contributed by atoms with van der Waals surface area (Å²) in [4.78, 5) is 2.35. The summed E-state index contributed by atoms with van der Waals surface area (Å²) in [6.45, 7) is 2.23. The van der Waals surface area contributed by atoms with Crippen molar-refractivity contribution in [2.45, 2.75) is 38.1 Å². The molecular formula is C46H33N5. The predicted octanol–water partition coefficient (Wildman–Crippen LogP) is 10.5. The second kappa shape index (κ2) is 11.8. The van der Waals surface area contributed by atoms with Crippen molar-refractivity contribution in [1.29, 1.82) is 15.8 Å². The number of aryl methyl sites for hydroxylation is 1. The van der Waals surface area contributed by atoms with E-state index in [1.165, 1.54) is 22.3 Å². The minimum Gasteiger partial charge on any atom is -0.333 e. The van der Waals surface area contributed by atoms with Gasteiger partial charge in [0.15, 0.2) is 0 Å². The SMILES string of the molecule is CC12C=CC=CC1C1=C(CCC(C#N)=C1)N2c1cc(-c2cccc(-c3c(C#N)cccc3-n3c4c(c5ccccc53)CCC=C4)c2)ccc1C#N. The molecule has 0 radical (unpaired) electrons. The quantitative estimate of drug-likeness (QED) is 0.193. The first-order valence-corrected chi connectivity index (χ1v) is 17.5. The molecule has 2 unspecified atom stereocenters. The first-order chi connectivity index (χ1) is 25.0. The van der Waals surface area contributed by atoms with Crippen LogP contribution in [-0.4, -0.2) is 10.1 Å². The predicted molar refractivity (Wildman–Crippen MR) is 204 cm³/mol. The molecule has 0 saturated carbocycles. The zero-order valence-corrected chi connectivity index (χ0v) is 28.3. The van der Waals surface area contributed by atoms with Crippen molar-refractivity contribution in [1.82, 2.24) is 4.57 Å². The highest BCUT2D eigenvalue weighted by Gasteiger charge is 2.49. The zero-order chi connectivity index (χ0) is 34.7. The van der Waals surface area contributed by atoms with Gasteiger partial charge in [-0.25, -0.2) is 0 Å². The molecule has 0 spiro atoms. The number of benzene rings is 4. The van der Waals surface area contributed by atoms with Gasteiger partial charge in [-0.1, -0.05) is 78.9 Å². The Morgan fingerprint density at radius 1 is 0.745 bits per heavy atom. The van der Waals surface area contributed by atoms with E-state index in [-0.39, 0.29) is 5.92 Å². The molecule has 9 rings (SSSR count). The lowest BCUT2D eigenvalue weighted by Crippen LogP contribution is -2.45. The first kappa shape index (κ1) is 30.4. The molecule has 242 valence electrons. The number of nitriles is 3. The average Bonchev–Trinajstić information content (AvgIpc) is 3.66. The van der Waals surface area contributed by atoms with Crippen LogP contribution in [-0.2, 0) is 6.42 Å². The Kier molecular flexibility index (Phi) is 7.03. The van der Waals surface area contributed by atoms with Crippen LogP contribution in [0.2, 0.25) is 0 Å². The van der Waals surface area contributed by atoms with E-state index in [4.69, 9.17) is 0 Å². The third-order valence-corrected chi connectivity index (χ3v) is 11.1. The first-order valence-electron chi connectivity index (χ1n) is 17.5. The summed E-state index contributed by atoms with van der Waals surface area (Å²) in [7, 11) is 0. The molecule has 0 amide bonds. The smallest absolute Gasteiger partial charge is 0.101 e. The molecule has 3 aliphatic carbocycles. The molecule has 5 heteroatoms. The molecule has 51 heavy (non-hydrogen) atoms. The highest BCUT2D eigenvalue weighted by molar-refractivity contribution is 5.93. The van der Waals surface area contributed by atoms with Gasteiger partial charge < -0.3 is 9.47 Å². The van der Waals surface area contributed by atoms with E-state index in [2.05, 4.69) is 138 Å². The summed E-state index contributed by atoms with van der Waals surface area (Å²) < 4.78 is 2.32. The monoisotopic (exact) mass is 655 g/mol. The molecule has 0 N–H and O–H groups in total. The van der Waals surface area contributed by atoms with Crippen LogP contribution in [0.15, 0.2) is 138 Å². The third-order valence-electron chi connectivity index (χ3n) is 11.1. The van der Waals surface area contributed by atoms with Gasteiger partial charge in [-0.15, -0.1) is 0 Å². The Morgan fingerprint density at radius 2 is 1.57 bits per heavy atom. The van der Waals surface area contributed by atoms with E-state index >= 15 is 0 Å². The Balaban J connectivity index is 1.21. The second-order valence-electron chi connectivity index (χ2n) is 13.9. The Labute approximate surface area is 297 Å². The fourth-order valence-corrected chi connectivity index (χ4v) is 8.81. The number of fused-ring (bicyclic) bond motifs is 5. The van der Waals surface area contributed by atoms with Crippen LogP contribution in [0, 0.1) is 39.9 Å². The molecule has 4 aliphatic rings. The Hall–Kier alpha value is -6.61. The summed E-state index contributed by atoms with van der Waals surface area (Å²) in [6, 6.07) is 36.4. The number of rotatable bonds is 4. The van der Waals surface area contributed by atoms with E-state index in [1.54, 1.807) is 0 Å². The molecule has 1 aromatic heterocycles. The van der Waals surface area contributed by atoms with Gasteiger partial charge >= 0.3 is 0 Å². The van der Waals surface area contributed by atoms with E-state index in [0.717, 1.165) is 69.6 Å². The molecule has 5 aromatic rings. The molecule has 2 atom stereocenters. The maximum Gasteiger partial charge on any atom is 0.101 e. The largest absolute Gasteiger partial charge is 0.333 e.